The Morgan fingerprint density at radius 2 is 2.12 bits per heavy atom. The fourth-order valence-electron chi connectivity index (χ4n) is 3.52. The highest BCUT2D eigenvalue weighted by Crippen LogP contribution is 2.47. The zero-order valence-electron chi connectivity index (χ0n) is 13.4. The van der Waals surface area contributed by atoms with Crippen molar-refractivity contribution >= 4 is 38.9 Å². The van der Waals surface area contributed by atoms with Crippen molar-refractivity contribution in [2.45, 2.75) is 25.1 Å². The lowest BCUT2D eigenvalue weighted by Crippen LogP contribution is -2.65. The second-order valence-corrected chi connectivity index (χ2v) is 7.48. The summed E-state index contributed by atoms with van der Waals surface area (Å²) in [6, 6.07) is 14.1. The number of fused-ring (bicyclic) bond motifs is 4. The molecule has 0 spiro atoms. The second-order valence-electron chi connectivity index (χ2n) is 6.17. The predicted octanol–water partition coefficient (Wildman–Crippen LogP) is 4.39. The van der Waals surface area contributed by atoms with Crippen molar-refractivity contribution in [2.75, 3.05) is 12.0 Å². The van der Waals surface area contributed by atoms with E-state index in [1.54, 1.807) is 7.11 Å². The van der Waals surface area contributed by atoms with Gasteiger partial charge in [-0.2, -0.15) is 0 Å². The normalized spacial score (nSPS) is 24.7. The fraction of sp³-hybridized carbons (Fsp3) is 0.278. The number of anilines is 1. The molecular weight excluding hydrogens is 388 g/mol. The molecule has 2 atom stereocenters. The summed E-state index contributed by atoms with van der Waals surface area (Å²) >= 11 is 9.21. The molecule has 0 unspecified atom stereocenters. The second kappa shape index (κ2) is 5.63. The van der Waals surface area contributed by atoms with E-state index in [9.17, 15) is 0 Å². The van der Waals surface area contributed by atoms with Crippen molar-refractivity contribution in [3.63, 3.8) is 0 Å². The number of methoxy groups -OCH3 is 1. The Morgan fingerprint density at radius 1 is 1.33 bits per heavy atom. The van der Waals surface area contributed by atoms with Crippen LogP contribution in [0.5, 0.6) is 11.5 Å². The molecule has 0 radical (unpaired) electrons. The van der Waals surface area contributed by atoms with Crippen LogP contribution >= 0.6 is 28.1 Å². The minimum absolute atomic E-state index is 0.134. The molecule has 24 heavy (non-hydrogen) atoms. The van der Waals surface area contributed by atoms with E-state index in [4.69, 9.17) is 21.7 Å². The van der Waals surface area contributed by atoms with Crippen molar-refractivity contribution in [1.82, 2.24) is 5.32 Å². The molecule has 0 aliphatic carbocycles. The first-order chi connectivity index (χ1) is 11.5. The average Bonchev–Trinajstić information content (AvgIpc) is 2.55. The van der Waals surface area contributed by atoms with Crippen LogP contribution in [0.2, 0.25) is 0 Å². The fourth-order valence-corrected chi connectivity index (χ4v) is 4.34. The maximum atomic E-state index is 6.40. The van der Waals surface area contributed by atoms with Crippen LogP contribution in [-0.2, 0) is 0 Å². The lowest BCUT2D eigenvalue weighted by atomic mass is 9.90. The minimum Gasteiger partial charge on any atom is -0.495 e. The van der Waals surface area contributed by atoms with Gasteiger partial charge in [0.25, 0.3) is 0 Å². The Morgan fingerprint density at radius 3 is 2.92 bits per heavy atom. The van der Waals surface area contributed by atoms with Crippen LogP contribution < -0.4 is 19.7 Å². The van der Waals surface area contributed by atoms with E-state index >= 15 is 0 Å². The van der Waals surface area contributed by atoms with Crippen molar-refractivity contribution in [3.05, 3.63) is 52.5 Å². The number of benzene rings is 2. The first-order valence-electron chi connectivity index (χ1n) is 7.74. The van der Waals surface area contributed by atoms with Crippen LogP contribution in [0.15, 0.2) is 46.9 Å². The van der Waals surface area contributed by atoms with E-state index in [-0.39, 0.29) is 6.04 Å². The molecule has 1 saturated heterocycles. The van der Waals surface area contributed by atoms with Gasteiger partial charge < -0.3 is 14.8 Å². The molecule has 2 aliphatic rings. The highest BCUT2D eigenvalue weighted by Gasteiger charge is 2.48. The molecule has 1 fully saturated rings. The highest BCUT2D eigenvalue weighted by molar-refractivity contribution is 9.10. The maximum Gasteiger partial charge on any atom is 0.188 e. The standard InChI is InChI=1S/C18H17BrN2O2S/c1-18-10-13(12-9-11(19)7-8-15(12)23-18)20-17(24)21(18)14-5-3-4-6-16(14)22-2/h3-9,13H,10H2,1-2H3,(H,20,24)/t13-,18-/m0/s1. The van der Waals surface area contributed by atoms with Gasteiger partial charge in [0, 0.05) is 16.5 Å². The third-order valence-corrected chi connectivity index (χ3v) is 5.35. The largest absolute Gasteiger partial charge is 0.495 e. The van der Waals surface area contributed by atoms with Crippen LogP contribution in [0.4, 0.5) is 5.69 Å². The van der Waals surface area contributed by atoms with Gasteiger partial charge in [-0.3, -0.25) is 4.90 Å². The average molecular weight is 405 g/mol. The van der Waals surface area contributed by atoms with E-state index in [0.717, 1.165) is 33.6 Å². The zero-order chi connectivity index (χ0) is 16.9. The van der Waals surface area contributed by atoms with Crippen LogP contribution in [0, 0.1) is 0 Å². The van der Waals surface area contributed by atoms with Crippen LogP contribution in [-0.4, -0.2) is 17.9 Å². The first-order valence-corrected chi connectivity index (χ1v) is 8.94. The molecule has 0 amide bonds. The molecule has 0 aromatic heterocycles. The first kappa shape index (κ1) is 15.7. The zero-order valence-corrected chi connectivity index (χ0v) is 15.8. The van der Waals surface area contributed by atoms with Gasteiger partial charge >= 0.3 is 0 Å². The molecule has 2 aliphatic heterocycles. The number of nitrogens with one attached hydrogen (secondary N) is 1. The third kappa shape index (κ3) is 2.36. The van der Waals surface area contributed by atoms with Crippen molar-refractivity contribution < 1.29 is 9.47 Å². The van der Waals surface area contributed by atoms with Crippen molar-refractivity contribution in [3.8, 4) is 11.5 Å². The monoisotopic (exact) mass is 404 g/mol. The molecule has 2 heterocycles. The van der Waals surface area contributed by atoms with Gasteiger partial charge in [0.15, 0.2) is 10.8 Å². The molecular formula is C18H17BrN2O2S. The molecule has 4 nitrogen and oxygen atoms in total. The minimum atomic E-state index is -0.567. The number of thiocarbonyl (C=S) groups is 1. The molecule has 2 aromatic carbocycles. The van der Waals surface area contributed by atoms with Gasteiger partial charge in [-0.25, -0.2) is 0 Å². The van der Waals surface area contributed by atoms with Crippen LogP contribution in [0.3, 0.4) is 0 Å². The number of rotatable bonds is 2. The van der Waals surface area contributed by atoms with E-state index in [0.29, 0.717) is 5.11 Å². The molecule has 1 N–H and O–H groups in total. The topological polar surface area (TPSA) is 33.7 Å². The van der Waals surface area contributed by atoms with E-state index in [2.05, 4.69) is 34.2 Å². The third-order valence-electron chi connectivity index (χ3n) is 4.56. The number of halogens is 1. The quantitative estimate of drug-likeness (QED) is 0.750. The molecule has 2 bridgehead atoms. The number of para-hydroxylation sites is 2. The summed E-state index contributed by atoms with van der Waals surface area (Å²) in [5.74, 6) is 1.65. The summed E-state index contributed by atoms with van der Waals surface area (Å²) in [5.41, 5.74) is 1.46. The summed E-state index contributed by atoms with van der Waals surface area (Å²) in [6.07, 6.45) is 0.786. The molecule has 2 aromatic rings. The van der Waals surface area contributed by atoms with Gasteiger partial charge in [-0.1, -0.05) is 28.1 Å². The smallest absolute Gasteiger partial charge is 0.188 e. The number of ether oxygens (including phenoxy) is 2. The Labute approximate surface area is 154 Å². The molecule has 0 saturated carbocycles. The number of nitrogens with zero attached hydrogens (tertiary/aromatic N) is 1. The SMILES string of the molecule is COc1ccccc1N1C(=S)N[C@H]2C[C@]1(C)Oc1ccc(Br)cc12. The molecule has 6 heteroatoms. The summed E-state index contributed by atoms with van der Waals surface area (Å²) in [5, 5.41) is 4.10. The lowest BCUT2D eigenvalue weighted by molar-refractivity contribution is 0.0493. The number of hydrogen-bond donors (Lipinski definition) is 1. The summed E-state index contributed by atoms with van der Waals surface area (Å²) in [7, 11) is 1.67. The Kier molecular flexibility index (Phi) is 3.69. The highest BCUT2D eigenvalue weighted by atomic mass is 79.9. The lowest BCUT2D eigenvalue weighted by Gasteiger charge is -2.52. The van der Waals surface area contributed by atoms with E-state index in [1.807, 2.05) is 41.3 Å². The van der Waals surface area contributed by atoms with E-state index in [1.165, 1.54) is 0 Å². The van der Waals surface area contributed by atoms with E-state index < -0.39 is 5.72 Å². The van der Waals surface area contributed by atoms with Gasteiger partial charge in [-0.05, 0) is 49.5 Å². The van der Waals surface area contributed by atoms with Crippen LogP contribution in [0.25, 0.3) is 0 Å². The predicted molar refractivity (Wildman–Crippen MR) is 102 cm³/mol. The Balaban J connectivity index is 1.82. The van der Waals surface area contributed by atoms with Gasteiger partial charge in [0.1, 0.15) is 11.5 Å². The van der Waals surface area contributed by atoms with Crippen LogP contribution in [0.1, 0.15) is 24.9 Å². The van der Waals surface area contributed by atoms with Gasteiger partial charge in [-0.15, -0.1) is 0 Å². The molecule has 124 valence electrons. The Hall–Kier alpha value is -1.79. The summed E-state index contributed by atoms with van der Waals surface area (Å²) in [4.78, 5) is 2.02. The van der Waals surface area contributed by atoms with Crippen molar-refractivity contribution in [2.24, 2.45) is 0 Å². The maximum absolute atomic E-state index is 6.40. The summed E-state index contributed by atoms with van der Waals surface area (Å²) < 4.78 is 13.0. The van der Waals surface area contributed by atoms with Crippen molar-refractivity contribution in [1.29, 1.82) is 0 Å². The van der Waals surface area contributed by atoms with Gasteiger partial charge in [0.2, 0.25) is 0 Å². The Bertz CT molecular complexity index is 828. The molecule has 4 rings (SSSR count). The summed E-state index contributed by atoms with van der Waals surface area (Å²) in [6.45, 7) is 2.07. The number of hydrogen-bond acceptors (Lipinski definition) is 3. The van der Waals surface area contributed by atoms with Gasteiger partial charge in [0.05, 0.1) is 18.8 Å².